The van der Waals surface area contributed by atoms with Gasteiger partial charge in [-0.15, -0.1) is 0 Å². The summed E-state index contributed by atoms with van der Waals surface area (Å²) in [5.74, 6) is -1.69. The van der Waals surface area contributed by atoms with Gasteiger partial charge in [0.05, 0.1) is 11.0 Å². The Balaban J connectivity index is 1.73. The van der Waals surface area contributed by atoms with E-state index in [0.717, 1.165) is 0 Å². The van der Waals surface area contributed by atoms with Crippen LogP contribution in [0.15, 0.2) is 42.5 Å². The standard InChI is InChI=1S/C19H14F4N6O/c1-9-25-13-7-2-10(20)8-14(13)29(9)19-27-16(24)15(21)17(28-19)26-11-3-5-12(6-4-11)30-18(22)23/h2-8,18H,1H3,(H3,24,26,27,28). The van der Waals surface area contributed by atoms with Gasteiger partial charge in [0.2, 0.25) is 11.8 Å². The lowest BCUT2D eigenvalue weighted by molar-refractivity contribution is -0.0498. The largest absolute Gasteiger partial charge is 0.435 e. The topological polar surface area (TPSA) is 90.9 Å². The fourth-order valence-corrected chi connectivity index (χ4v) is 2.91. The summed E-state index contributed by atoms with van der Waals surface area (Å²) in [4.78, 5) is 12.4. The van der Waals surface area contributed by atoms with Gasteiger partial charge in [0, 0.05) is 11.8 Å². The second-order valence-electron chi connectivity index (χ2n) is 6.23. The van der Waals surface area contributed by atoms with Gasteiger partial charge in [-0.2, -0.15) is 23.1 Å². The molecule has 0 spiro atoms. The number of hydrogen-bond acceptors (Lipinski definition) is 6. The van der Waals surface area contributed by atoms with Crippen molar-refractivity contribution >= 4 is 28.4 Å². The highest BCUT2D eigenvalue weighted by atomic mass is 19.3. The minimum atomic E-state index is -2.96. The van der Waals surface area contributed by atoms with E-state index >= 15 is 0 Å². The Labute approximate surface area is 167 Å². The Morgan fingerprint density at radius 1 is 1.03 bits per heavy atom. The molecule has 3 N–H and O–H groups in total. The number of alkyl halides is 2. The molecular weight excluding hydrogens is 404 g/mol. The van der Waals surface area contributed by atoms with Crippen LogP contribution in [0.2, 0.25) is 0 Å². The first-order chi connectivity index (χ1) is 14.3. The Bertz CT molecular complexity index is 1230. The number of imidazole rings is 1. The van der Waals surface area contributed by atoms with E-state index in [1.54, 1.807) is 6.92 Å². The highest BCUT2D eigenvalue weighted by Gasteiger charge is 2.18. The van der Waals surface area contributed by atoms with Gasteiger partial charge in [0.15, 0.2) is 11.6 Å². The highest BCUT2D eigenvalue weighted by molar-refractivity contribution is 5.78. The average molecular weight is 418 g/mol. The van der Waals surface area contributed by atoms with Crippen LogP contribution in [0.4, 0.5) is 34.9 Å². The Morgan fingerprint density at radius 3 is 2.47 bits per heavy atom. The molecule has 0 fully saturated rings. The van der Waals surface area contributed by atoms with Gasteiger partial charge in [0.25, 0.3) is 0 Å². The number of halogens is 4. The molecule has 0 unspecified atom stereocenters. The summed E-state index contributed by atoms with van der Waals surface area (Å²) in [5, 5.41) is 2.72. The maximum absolute atomic E-state index is 14.5. The summed E-state index contributed by atoms with van der Waals surface area (Å²) in [6, 6.07) is 9.41. The minimum Gasteiger partial charge on any atom is -0.435 e. The molecular formula is C19H14F4N6O. The Kier molecular flexibility index (Phi) is 4.86. The van der Waals surface area contributed by atoms with Crippen molar-refractivity contribution in [3.05, 3.63) is 59.9 Å². The maximum atomic E-state index is 14.5. The molecule has 2 aromatic heterocycles. The van der Waals surface area contributed by atoms with E-state index in [2.05, 4.69) is 25.0 Å². The Hall–Kier alpha value is -3.89. The summed E-state index contributed by atoms with van der Waals surface area (Å²) in [7, 11) is 0. The number of nitrogens with zero attached hydrogens (tertiary/aromatic N) is 4. The van der Waals surface area contributed by atoms with Gasteiger partial charge in [-0.05, 0) is 43.3 Å². The van der Waals surface area contributed by atoms with E-state index in [9.17, 15) is 17.6 Å². The number of hydrogen-bond donors (Lipinski definition) is 2. The molecule has 0 bridgehead atoms. The monoisotopic (exact) mass is 418 g/mol. The van der Waals surface area contributed by atoms with Crippen LogP contribution in [0.5, 0.6) is 5.75 Å². The smallest absolute Gasteiger partial charge is 0.387 e. The van der Waals surface area contributed by atoms with Crippen LogP contribution in [-0.2, 0) is 0 Å². The maximum Gasteiger partial charge on any atom is 0.387 e. The average Bonchev–Trinajstić information content (AvgIpc) is 3.01. The van der Waals surface area contributed by atoms with Crippen molar-refractivity contribution in [3.8, 4) is 11.7 Å². The molecule has 154 valence electrons. The van der Waals surface area contributed by atoms with Gasteiger partial charge >= 0.3 is 6.61 Å². The number of nitrogen functional groups attached to an aromatic ring is 1. The van der Waals surface area contributed by atoms with Crippen molar-refractivity contribution in [1.29, 1.82) is 0 Å². The molecule has 2 aromatic carbocycles. The van der Waals surface area contributed by atoms with Crippen LogP contribution in [0, 0.1) is 18.6 Å². The molecule has 0 aliphatic heterocycles. The molecule has 4 rings (SSSR count). The minimum absolute atomic E-state index is 0.0142. The zero-order chi connectivity index (χ0) is 21.4. The molecule has 0 aliphatic rings. The van der Waals surface area contributed by atoms with E-state index in [-0.39, 0.29) is 17.5 Å². The summed E-state index contributed by atoms with van der Waals surface area (Å²) < 4.78 is 58.5. The lowest BCUT2D eigenvalue weighted by Crippen LogP contribution is -2.10. The van der Waals surface area contributed by atoms with Gasteiger partial charge < -0.3 is 15.8 Å². The van der Waals surface area contributed by atoms with Crippen molar-refractivity contribution < 1.29 is 22.3 Å². The predicted octanol–water partition coefficient (Wildman–Crippen LogP) is 4.33. The van der Waals surface area contributed by atoms with Crippen LogP contribution in [-0.4, -0.2) is 26.1 Å². The molecule has 2 heterocycles. The molecule has 4 aromatic rings. The van der Waals surface area contributed by atoms with Crippen molar-refractivity contribution in [2.45, 2.75) is 13.5 Å². The molecule has 0 radical (unpaired) electrons. The van der Waals surface area contributed by atoms with Crippen LogP contribution < -0.4 is 15.8 Å². The third-order valence-electron chi connectivity index (χ3n) is 4.19. The molecule has 7 nitrogen and oxygen atoms in total. The molecule has 0 aliphatic carbocycles. The van der Waals surface area contributed by atoms with E-state index < -0.39 is 24.1 Å². The number of aromatic nitrogens is 4. The van der Waals surface area contributed by atoms with Gasteiger partial charge in [0.1, 0.15) is 17.4 Å². The van der Waals surface area contributed by atoms with Crippen molar-refractivity contribution in [2.24, 2.45) is 0 Å². The van der Waals surface area contributed by atoms with E-state index in [1.807, 2.05) is 0 Å². The SMILES string of the molecule is Cc1nc2ccc(F)cc2n1-c1nc(N)c(F)c(Nc2ccc(OC(F)F)cc2)n1. The van der Waals surface area contributed by atoms with Crippen molar-refractivity contribution in [1.82, 2.24) is 19.5 Å². The quantitative estimate of drug-likeness (QED) is 0.469. The first kappa shape index (κ1) is 19.4. The summed E-state index contributed by atoms with van der Waals surface area (Å²) in [6.07, 6.45) is 0. The zero-order valence-electron chi connectivity index (χ0n) is 15.4. The first-order valence-electron chi connectivity index (χ1n) is 8.61. The van der Waals surface area contributed by atoms with Crippen LogP contribution in [0.3, 0.4) is 0 Å². The predicted molar refractivity (Wildman–Crippen MR) is 102 cm³/mol. The van der Waals surface area contributed by atoms with Crippen LogP contribution in [0.1, 0.15) is 5.82 Å². The summed E-state index contributed by atoms with van der Waals surface area (Å²) in [6.45, 7) is -1.29. The summed E-state index contributed by atoms with van der Waals surface area (Å²) in [5.41, 5.74) is 6.94. The second kappa shape index (κ2) is 7.50. The van der Waals surface area contributed by atoms with Crippen molar-refractivity contribution in [2.75, 3.05) is 11.1 Å². The lowest BCUT2D eigenvalue weighted by Gasteiger charge is -2.12. The number of rotatable bonds is 5. The number of nitrogens with one attached hydrogen (secondary N) is 1. The number of benzene rings is 2. The summed E-state index contributed by atoms with van der Waals surface area (Å²) >= 11 is 0. The third kappa shape index (κ3) is 3.69. The highest BCUT2D eigenvalue weighted by Crippen LogP contribution is 2.27. The van der Waals surface area contributed by atoms with Gasteiger partial charge in [-0.25, -0.2) is 9.37 Å². The van der Waals surface area contributed by atoms with E-state index in [1.165, 1.54) is 47.0 Å². The normalized spacial score (nSPS) is 11.3. The molecule has 0 saturated carbocycles. The first-order valence-corrected chi connectivity index (χ1v) is 8.61. The van der Waals surface area contributed by atoms with Gasteiger partial charge in [-0.1, -0.05) is 0 Å². The number of ether oxygens (including phenoxy) is 1. The fraction of sp³-hybridized carbons (Fsp3) is 0.105. The Morgan fingerprint density at radius 2 is 1.77 bits per heavy atom. The second-order valence-corrected chi connectivity index (χ2v) is 6.23. The number of nitrogens with two attached hydrogens (primary N) is 1. The number of fused-ring (bicyclic) bond motifs is 1. The molecule has 0 atom stereocenters. The molecule has 0 saturated heterocycles. The van der Waals surface area contributed by atoms with E-state index in [0.29, 0.717) is 22.5 Å². The fourth-order valence-electron chi connectivity index (χ4n) is 2.91. The lowest BCUT2D eigenvalue weighted by atomic mass is 10.3. The molecule has 0 amide bonds. The van der Waals surface area contributed by atoms with Crippen molar-refractivity contribution in [3.63, 3.8) is 0 Å². The van der Waals surface area contributed by atoms with Crippen LogP contribution in [0.25, 0.3) is 17.0 Å². The van der Waals surface area contributed by atoms with E-state index in [4.69, 9.17) is 5.73 Å². The third-order valence-corrected chi connectivity index (χ3v) is 4.19. The molecule has 11 heteroatoms. The number of anilines is 3. The van der Waals surface area contributed by atoms with Crippen LogP contribution >= 0.6 is 0 Å². The molecule has 30 heavy (non-hydrogen) atoms. The van der Waals surface area contributed by atoms with Gasteiger partial charge in [-0.3, -0.25) is 4.57 Å². The zero-order valence-corrected chi connectivity index (χ0v) is 15.4. The number of aryl methyl sites for hydroxylation is 1.